The second-order valence-electron chi connectivity index (χ2n) is 6.89. The molecule has 7 nitrogen and oxygen atoms in total. The first-order chi connectivity index (χ1) is 14.4. The van der Waals surface area contributed by atoms with Crippen molar-refractivity contribution >= 4 is 44.4 Å². The van der Waals surface area contributed by atoms with Crippen molar-refractivity contribution in [1.82, 2.24) is 19.7 Å². The smallest absolute Gasteiger partial charge is 0.226 e. The standard InChI is InChI=1S/C21H19BrClN5O2/c1-12-2-3-14(10-29)7-18(12)30-11-15-6-13(4-5-17(15)22)9-28-20-16(8-25-28)19(24)26-21(23)27-20/h2-8,29H,9-11H2,1H3,(H2,24,26,27). The Morgan fingerprint density at radius 3 is 2.77 bits per heavy atom. The van der Waals surface area contributed by atoms with Gasteiger partial charge in [0.05, 0.1) is 24.7 Å². The molecule has 0 atom stereocenters. The van der Waals surface area contributed by atoms with Crippen molar-refractivity contribution < 1.29 is 9.84 Å². The fraction of sp³-hybridized carbons (Fsp3) is 0.190. The minimum atomic E-state index is -0.0221. The summed E-state index contributed by atoms with van der Waals surface area (Å²) in [7, 11) is 0. The zero-order chi connectivity index (χ0) is 21.3. The van der Waals surface area contributed by atoms with E-state index in [9.17, 15) is 5.11 Å². The van der Waals surface area contributed by atoms with E-state index in [1.165, 1.54) is 0 Å². The van der Waals surface area contributed by atoms with Gasteiger partial charge in [0.15, 0.2) is 5.65 Å². The molecule has 0 aliphatic carbocycles. The van der Waals surface area contributed by atoms with Crippen LogP contribution in [0.3, 0.4) is 0 Å². The van der Waals surface area contributed by atoms with E-state index < -0.39 is 0 Å². The van der Waals surface area contributed by atoms with Crippen molar-refractivity contribution in [1.29, 1.82) is 0 Å². The van der Waals surface area contributed by atoms with Crippen LogP contribution in [0.15, 0.2) is 47.1 Å². The van der Waals surface area contributed by atoms with E-state index in [1.807, 2.05) is 37.3 Å². The number of benzene rings is 2. The molecule has 0 amide bonds. The van der Waals surface area contributed by atoms with E-state index in [2.05, 4.69) is 37.1 Å². The second-order valence-corrected chi connectivity index (χ2v) is 8.08. The highest BCUT2D eigenvalue weighted by Crippen LogP contribution is 2.25. The number of aromatic nitrogens is 4. The molecule has 154 valence electrons. The number of hydrogen-bond donors (Lipinski definition) is 2. The molecule has 30 heavy (non-hydrogen) atoms. The second kappa shape index (κ2) is 8.59. The average Bonchev–Trinajstić information content (AvgIpc) is 3.12. The first kappa shape index (κ1) is 20.6. The molecule has 0 unspecified atom stereocenters. The maximum atomic E-state index is 9.35. The summed E-state index contributed by atoms with van der Waals surface area (Å²) in [5, 5.41) is 14.5. The number of nitrogens with zero attached hydrogens (tertiary/aromatic N) is 4. The predicted molar refractivity (Wildman–Crippen MR) is 119 cm³/mol. The van der Waals surface area contributed by atoms with E-state index >= 15 is 0 Å². The molecule has 4 aromatic rings. The maximum Gasteiger partial charge on any atom is 0.226 e. The summed E-state index contributed by atoms with van der Waals surface area (Å²) >= 11 is 9.54. The van der Waals surface area contributed by atoms with Gasteiger partial charge in [-0.1, -0.05) is 34.1 Å². The lowest BCUT2D eigenvalue weighted by Crippen LogP contribution is -2.05. The van der Waals surface area contributed by atoms with Crippen LogP contribution < -0.4 is 10.5 Å². The van der Waals surface area contributed by atoms with Crippen molar-refractivity contribution in [3.8, 4) is 5.75 Å². The van der Waals surface area contributed by atoms with Crippen molar-refractivity contribution in [3.63, 3.8) is 0 Å². The van der Waals surface area contributed by atoms with Crippen LogP contribution in [-0.4, -0.2) is 24.9 Å². The third kappa shape index (κ3) is 4.26. The Kier molecular flexibility index (Phi) is 5.90. The van der Waals surface area contributed by atoms with Crippen molar-refractivity contribution in [2.75, 3.05) is 5.73 Å². The van der Waals surface area contributed by atoms with Gasteiger partial charge < -0.3 is 15.6 Å². The summed E-state index contributed by atoms with van der Waals surface area (Å²) in [6, 6.07) is 11.7. The molecular formula is C21H19BrClN5O2. The number of anilines is 1. The van der Waals surface area contributed by atoms with Crippen LogP contribution in [-0.2, 0) is 19.8 Å². The highest BCUT2D eigenvalue weighted by Gasteiger charge is 2.12. The topological polar surface area (TPSA) is 99.1 Å². The van der Waals surface area contributed by atoms with Crippen molar-refractivity contribution in [3.05, 3.63) is 74.6 Å². The Balaban J connectivity index is 1.57. The van der Waals surface area contributed by atoms with E-state index in [0.717, 1.165) is 32.5 Å². The normalized spacial score (nSPS) is 11.2. The summed E-state index contributed by atoms with van der Waals surface area (Å²) in [4.78, 5) is 8.22. The van der Waals surface area contributed by atoms with E-state index in [1.54, 1.807) is 10.9 Å². The first-order valence-corrected chi connectivity index (χ1v) is 10.4. The monoisotopic (exact) mass is 487 g/mol. The third-order valence-corrected chi connectivity index (χ3v) is 5.70. The van der Waals surface area contributed by atoms with Gasteiger partial charge in [-0.15, -0.1) is 0 Å². The van der Waals surface area contributed by atoms with Crippen LogP contribution in [0.5, 0.6) is 5.75 Å². The van der Waals surface area contributed by atoms with Gasteiger partial charge in [0, 0.05) is 10.0 Å². The molecule has 0 radical (unpaired) electrons. The summed E-state index contributed by atoms with van der Waals surface area (Å²) in [5.41, 5.74) is 10.3. The number of fused-ring (bicyclic) bond motifs is 1. The van der Waals surface area contributed by atoms with Crippen LogP contribution in [0.2, 0.25) is 5.28 Å². The maximum absolute atomic E-state index is 9.35. The molecule has 0 saturated carbocycles. The Morgan fingerprint density at radius 2 is 1.97 bits per heavy atom. The van der Waals surface area contributed by atoms with Gasteiger partial charge in [-0.2, -0.15) is 10.1 Å². The Labute approximate surface area is 186 Å². The molecule has 0 bridgehead atoms. The third-order valence-electron chi connectivity index (χ3n) is 4.76. The molecule has 9 heteroatoms. The number of aliphatic hydroxyl groups excluding tert-OH is 1. The molecule has 2 aromatic carbocycles. The number of ether oxygens (including phenoxy) is 1. The van der Waals surface area contributed by atoms with Crippen LogP contribution in [0.4, 0.5) is 5.82 Å². The lowest BCUT2D eigenvalue weighted by molar-refractivity contribution is 0.277. The average molecular weight is 489 g/mol. The molecule has 2 heterocycles. The molecule has 2 aromatic heterocycles. The van der Waals surface area contributed by atoms with Crippen LogP contribution in [0.1, 0.15) is 22.3 Å². The lowest BCUT2D eigenvalue weighted by atomic mass is 10.1. The number of nitrogens with two attached hydrogens (primary N) is 1. The predicted octanol–water partition coefficient (Wildman–Crippen LogP) is 4.25. The minimum Gasteiger partial charge on any atom is -0.489 e. The molecule has 3 N–H and O–H groups in total. The van der Waals surface area contributed by atoms with E-state index in [-0.39, 0.29) is 11.9 Å². The fourth-order valence-corrected chi connectivity index (χ4v) is 3.66. The largest absolute Gasteiger partial charge is 0.489 e. The van der Waals surface area contributed by atoms with Gasteiger partial charge in [0.2, 0.25) is 5.28 Å². The van der Waals surface area contributed by atoms with Crippen LogP contribution in [0.25, 0.3) is 11.0 Å². The van der Waals surface area contributed by atoms with Gasteiger partial charge in [-0.05, 0) is 53.4 Å². The van der Waals surface area contributed by atoms with Crippen molar-refractivity contribution in [2.24, 2.45) is 0 Å². The summed E-state index contributed by atoms with van der Waals surface area (Å²) < 4.78 is 8.70. The number of hydrogen-bond acceptors (Lipinski definition) is 6. The van der Waals surface area contributed by atoms with Gasteiger partial charge in [0.25, 0.3) is 0 Å². The molecule has 0 saturated heterocycles. The number of aliphatic hydroxyl groups is 1. The zero-order valence-electron chi connectivity index (χ0n) is 16.1. The lowest BCUT2D eigenvalue weighted by Gasteiger charge is -2.13. The minimum absolute atomic E-state index is 0.0221. The zero-order valence-corrected chi connectivity index (χ0v) is 18.5. The Bertz CT molecular complexity index is 1230. The summed E-state index contributed by atoms with van der Waals surface area (Å²) in [6.45, 7) is 2.83. The van der Waals surface area contributed by atoms with Gasteiger partial charge in [-0.3, -0.25) is 0 Å². The summed E-state index contributed by atoms with van der Waals surface area (Å²) in [5.74, 6) is 1.06. The molecular weight excluding hydrogens is 470 g/mol. The number of aryl methyl sites for hydroxylation is 1. The van der Waals surface area contributed by atoms with E-state index in [4.69, 9.17) is 22.1 Å². The number of nitrogen functional groups attached to an aromatic ring is 1. The van der Waals surface area contributed by atoms with Crippen molar-refractivity contribution in [2.45, 2.75) is 26.7 Å². The van der Waals surface area contributed by atoms with Gasteiger partial charge in [0.1, 0.15) is 18.2 Å². The highest BCUT2D eigenvalue weighted by molar-refractivity contribution is 9.10. The van der Waals surface area contributed by atoms with Gasteiger partial charge in [-0.25, -0.2) is 9.67 Å². The number of rotatable bonds is 6. The quantitative estimate of drug-likeness (QED) is 0.394. The van der Waals surface area contributed by atoms with Gasteiger partial charge >= 0.3 is 0 Å². The van der Waals surface area contributed by atoms with E-state index in [0.29, 0.717) is 30.0 Å². The van der Waals surface area contributed by atoms with Crippen LogP contribution >= 0.6 is 27.5 Å². The Hall–Kier alpha value is -2.68. The van der Waals surface area contributed by atoms with Crippen LogP contribution in [0, 0.1) is 6.92 Å². The first-order valence-electron chi connectivity index (χ1n) is 9.19. The molecule has 0 fully saturated rings. The fourth-order valence-electron chi connectivity index (χ4n) is 3.13. The highest BCUT2D eigenvalue weighted by atomic mass is 79.9. The molecule has 0 aliphatic rings. The Morgan fingerprint density at radius 1 is 1.17 bits per heavy atom. The SMILES string of the molecule is Cc1ccc(CO)cc1OCc1cc(Cn2ncc3c(N)nc(Cl)nc32)ccc1Br. The molecule has 4 rings (SSSR count). The summed E-state index contributed by atoms with van der Waals surface area (Å²) in [6.07, 6.45) is 1.64. The number of halogens is 2. The molecule has 0 spiro atoms. The molecule has 0 aliphatic heterocycles.